The number of nitrogens with zero attached hydrogens (tertiary/aromatic N) is 2. The van der Waals surface area contributed by atoms with Crippen LogP contribution >= 0.6 is 0 Å². The van der Waals surface area contributed by atoms with E-state index in [2.05, 4.69) is 24.4 Å². The van der Waals surface area contributed by atoms with Gasteiger partial charge in [-0.25, -0.2) is 0 Å². The lowest BCUT2D eigenvalue weighted by Gasteiger charge is -2.15. The van der Waals surface area contributed by atoms with Crippen LogP contribution in [0.2, 0.25) is 0 Å². The Kier molecular flexibility index (Phi) is 4.14. The van der Waals surface area contributed by atoms with Crippen LogP contribution in [0.5, 0.6) is 0 Å². The Hall–Kier alpha value is -1.53. The average molecular weight is 203 g/mol. The molecule has 1 aromatic carbocycles. The van der Waals surface area contributed by atoms with E-state index < -0.39 is 0 Å². The molecule has 0 radical (unpaired) electrons. The van der Waals surface area contributed by atoms with Crippen molar-refractivity contribution in [3.8, 4) is 6.07 Å². The summed E-state index contributed by atoms with van der Waals surface area (Å²) in [5, 5.41) is 12.3. The van der Waals surface area contributed by atoms with Gasteiger partial charge in [0.15, 0.2) is 0 Å². The molecule has 3 nitrogen and oxygen atoms in total. The van der Waals surface area contributed by atoms with Crippen LogP contribution < -0.4 is 10.2 Å². The molecule has 1 aromatic rings. The van der Waals surface area contributed by atoms with Crippen molar-refractivity contribution in [1.29, 1.82) is 5.26 Å². The van der Waals surface area contributed by atoms with Gasteiger partial charge >= 0.3 is 0 Å². The molecule has 0 atom stereocenters. The SMILES string of the molecule is CCNCc1ccc(N(C)C)c(C#N)c1. The molecule has 0 spiro atoms. The summed E-state index contributed by atoms with van der Waals surface area (Å²) in [4.78, 5) is 1.95. The van der Waals surface area contributed by atoms with Crippen molar-refractivity contribution in [3.63, 3.8) is 0 Å². The van der Waals surface area contributed by atoms with Gasteiger partial charge in [0.25, 0.3) is 0 Å². The van der Waals surface area contributed by atoms with E-state index in [1.54, 1.807) is 0 Å². The summed E-state index contributed by atoms with van der Waals surface area (Å²) in [6.45, 7) is 3.83. The van der Waals surface area contributed by atoms with Gasteiger partial charge in [-0.2, -0.15) is 5.26 Å². The van der Waals surface area contributed by atoms with Gasteiger partial charge in [0.1, 0.15) is 6.07 Å². The molecule has 0 saturated heterocycles. The number of hydrogen-bond donors (Lipinski definition) is 1. The second-order valence-electron chi connectivity index (χ2n) is 3.64. The fourth-order valence-electron chi connectivity index (χ4n) is 1.44. The van der Waals surface area contributed by atoms with Gasteiger partial charge in [-0.3, -0.25) is 0 Å². The van der Waals surface area contributed by atoms with Crippen molar-refractivity contribution in [3.05, 3.63) is 29.3 Å². The molecule has 0 aromatic heterocycles. The third-order valence-corrected chi connectivity index (χ3v) is 2.24. The van der Waals surface area contributed by atoms with Crippen LogP contribution in [-0.4, -0.2) is 20.6 Å². The zero-order valence-electron chi connectivity index (χ0n) is 9.54. The van der Waals surface area contributed by atoms with Crippen LogP contribution in [0.1, 0.15) is 18.1 Å². The predicted octanol–water partition coefficient (Wildman–Crippen LogP) is 1.73. The van der Waals surface area contributed by atoms with E-state index in [4.69, 9.17) is 5.26 Å². The molecule has 0 aliphatic carbocycles. The van der Waals surface area contributed by atoms with Crippen molar-refractivity contribution in [2.75, 3.05) is 25.5 Å². The molecule has 0 unspecified atom stereocenters. The summed E-state index contributed by atoms with van der Waals surface area (Å²) in [6, 6.07) is 8.21. The Morgan fingerprint density at radius 3 is 2.67 bits per heavy atom. The molecular weight excluding hydrogens is 186 g/mol. The molecule has 1 N–H and O–H groups in total. The Bertz CT molecular complexity index is 364. The first-order chi connectivity index (χ1) is 7.19. The number of hydrogen-bond acceptors (Lipinski definition) is 3. The van der Waals surface area contributed by atoms with Gasteiger partial charge in [0.2, 0.25) is 0 Å². The standard InChI is InChI=1S/C12H17N3/c1-4-14-9-10-5-6-12(15(2)3)11(7-10)8-13/h5-7,14H,4,9H2,1-3H3. The van der Waals surface area contributed by atoms with Crippen LogP contribution in [0.3, 0.4) is 0 Å². The summed E-state index contributed by atoms with van der Waals surface area (Å²) in [6.07, 6.45) is 0. The van der Waals surface area contributed by atoms with E-state index in [-0.39, 0.29) is 0 Å². The fourth-order valence-corrected chi connectivity index (χ4v) is 1.44. The van der Waals surface area contributed by atoms with Crippen molar-refractivity contribution >= 4 is 5.69 Å². The molecule has 80 valence electrons. The smallest absolute Gasteiger partial charge is 0.101 e. The topological polar surface area (TPSA) is 39.1 Å². The lowest BCUT2D eigenvalue weighted by atomic mass is 10.1. The second-order valence-corrected chi connectivity index (χ2v) is 3.64. The number of anilines is 1. The minimum Gasteiger partial charge on any atom is -0.377 e. The van der Waals surface area contributed by atoms with E-state index in [0.717, 1.165) is 29.9 Å². The number of nitrogens with one attached hydrogen (secondary N) is 1. The summed E-state index contributed by atoms with van der Waals surface area (Å²) < 4.78 is 0. The maximum absolute atomic E-state index is 9.02. The highest BCUT2D eigenvalue weighted by Crippen LogP contribution is 2.19. The van der Waals surface area contributed by atoms with Gasteiger partial charge in [0, 0.05) is 20.6 Å². The van der Waals surface area contributed by atoms with Crippen molar-refractivity contribution in [2.45, 2.75) is 13.5 Å². The van der Waals surface area contributed by atoms with Crippen LogP contribution in [0.4, 0.5) is 5.69 Å². The summed E-state index contributed by atoms with van der Waals surface area (Å²) >= 11 is 0. The van der Waals surface area contributed by atoms with Gasteiger partial charge in [-0.05, 0) is 24.2 Å². The Morgan fingerprint density at radius 1 is 1.40 bits per heavy atom. The average Bonchev–Trinajstić information content (AvgIpc) is 2.25. The lowest BCUT2D eigenvalue weighted by molar-refractivity contribution is 0.726. The monoisotopic (exact) mass is 203 g/mol. The molecule has 0 aliphatic heterocycles. The summed E-state index contributed by atoms with van der Waals surface area (Å²) in [5.74, 6) is 0. The van der Waals surface area contributed by atoms with Crippen molar-refractivity contribution in [1.82, 2.24) is 5.32 Å². The molecule has 0 amide bonds. The van der Waals surface area contributed by atoms with Crippen molar-refractivity contribution in [2.24, 2.45) is 0 Å². The van der Waals surface area contributed by atoms with E-state index in [1.165, 1.54) is 0 Å². The molecule has 0 saturated carbocycles. The Balaban J connectivity index is 2.93. The predicted molar refractivity (Wildman–Crippen MR) is 62.9 cm³/mol. The summed E-state index contributed by atoms with van der Waals surface area (Å²) in [7, 11) is 3.89. The molecule has 1 rings (SSSR count). The zero-order valence-corrected chi connectivity index (χ0v) is 9.54. The van der Waals surface area contributed by atoms with Crippen LogP contribution in [-0.2, 0) is 6.54 Å². The van der Waals surface area contributed by atoms with Crippen LogP contribution in [0, 0.1) is 11.3 Å². The number of benzene rings is 1. The molecule has 0 aliphatic rings. The van der Waals surface area contributed by atoms with E-state index in [9.17, 15) is 0 Å². The highest BCUT2D eigenvalue weighted by molar-refractivity contribution is 5.59. The molecular formula is C12H17N3. The third kappa shape index (κ3) is 2.97. The van der Waals surface area contributed by atoms with E-state index in [1.807, 2.05) is 31.1 Å². The van der Waals surface area contributed by atoms with Gasteiger partial charge in [-0.15, -0.1) is 0 Å². The molecule has 0 fully saturated rings. The lowest BCUT2D eigenvalue weighted by Crippen LogP contribution is -2.13. The molecule has 0 heterocycles. The largest absolute Gasteiger partial charge is 0.377 e. The maximum atomic E-state index is 9.02. The molecule has 0 bridgehead atoms. The first-order valence-corrected chi connectivity index (χ1v) is 5.10. The number of rotatable bonds is 4. The van der Waals surface area contributed by atoms with Crippen LogP contribution in [0.25, 0.3) is 0 Å². The molecule has 15 heavy (non-hydrogen) atoms. The quantitative estimate of drug-likeness (QED) is 0.810. The second kappa shape index (κ2) is 5.38. The van der Waals surface area contributed by atoms with Gasteiger partial charge in [0.05, 0.1) is 11.3 Å². The first-order valence-electron chi connectivity index (χ1n) is 5.10. The highest BCUT2D eigenvalue weighted by atomic mass is 15.1. The fraction of sp³-hybridized carbons (Fsp3) is 0.417. The van der Waals surface area contributed by atoms with E-state index in [0.29, 0.717) is 0 Å². The first kappa shape index (κ1) is 11.5. The Labute approximate surface area is 91.3 Å². The number of nitriles is 1. The van der Waals surface area contributed by atoms with E-state index >= 15 is 0 Å². The minimum atomic E-state index is 0.732. The maximum Gasteiger partial charge on any atom is 0.101 e. The van der Waals surface area contributed by atoms with Gasteiger partial charge in [-0.1, -0.05) is 13.0 Å². The minimum absolute atomic E-state index is 0.732. The summed E-state index contributed by atoms with van der Waals surface area (Å²) in [5.41, 5.74) is 2.85. The highest BCUT2D eigenvalue weighted by Gasteiger charge is 2.04. The van der Waals surface area contributed by atoms with Crippen LogP contribution in [0.15, 0.2) is 18.2 Å². The van der Waals surface area contributed by atoms with Gasteiger partial charge < -0.3 is 10.2 Å². The Morgan fingerprint density at radius 2 is 2.13 bits per heavy atom. The normalized spacial score (nSPS) is 9.73. The molecule has 3 heteroatoms. The third-order valence-electron chi connectivity index (χ3n) is 2.24. The zero-order chi connectivity index (χ0) is 11.3. The van der Waals surface area contributed by atoms with Crippen molar-refractivity contribution < 1.29 is 0 Å².